The van der Waals surface area contributed by atoms with Crippen LogP contribution in [0.4, 0.5) is 14.5 Å². The second-order valence-electron chi connectivity index (χ2n) is 2.53. The van der Waals surface area contributed by atoms with Gasteiger partial charge in [0.15, 0.2) is 11.6 Å². The first kappa shape index (κ1) is 11.2. The van der Waals surface area contributed by atoms with Gasteiger partial charge >= 0.3 is 0 Å². The van der Waals surface area contributed by atoms with Crippen molar-refractivity contribution < 1.29 is 13.6 Å². The van der Waals surface area contributed by atoms with Crippen LogP contribution in [0.3, 0.4) is 0 Å². The molecule has 0 heterocycles. The van der Waals surface area contributed by atoms with Crippen molar-refractivity contribution in [3.8, 4) is 0 Å². The van der Waals surface area contributed by atoms with Gasteiger partial charge in [-0.2, -0.15) is 0 Å². The van der Waals surface area contributed by atoms with Crippen LogP contribution in [0.5, 0.6) is 0 Å². The zero-order valence-corrected chi connectivity index (χ0v) is 8.51. The van der Waals surface area contributed by atoms with Gasteiger partial charge in [0.05, 0.1) is 10.7 Å². The average Bonchev–Trinajstić information content (AvgIpc) is 2.10. The number of benzene rings is 1. The third-order valence-electron chi connectivity index (χ3n) is 1.41. The summed E-state index contributed by atoms with van der Waals surface area (Å²) in [5.41, 5.74) is -0.242. The molecule has 0 radical (unpaired) electrons. The van der Waals surface area contributed by atoms with E-state index < -0.39 is 22.6 Å². The van der Waals surface area contributed by atoms with Gasteiger partial charge in [-0.1, -0.05) is 23.2 Å². The second kappa shape index (κ2) is 4.11. The van der Waals surface area contributed by atoms with Gasteiger partial charge < -0.3 is 5.32 Å². The molecule has 1 amide bonds. The molecule has 0 saturated heterocycles. The van der Waals surface area contributed by atoms with E-state index in [1.54, 1.807) is 0 Å². The van der Waals surface area contributed by atoms with Crippen LogP contribution in [-0.2, 0) is 4.79 Å². The van der Waals surface area contributed by atoms with Gasteiger partial charge in [0, 0.05) is 6.92 Å². The predicted octanol–water partition coefficient (Wildman–Crippen LogP) is 3.23. The van der Waals surface area contributed by atoms with Crippen molar-refractivity contribution in [2.45, 2.75) is 6.92 Å². The summed E-state index contributed by atoms with van der Waals surface area (Å²) < 4.78 is 26.0. The van der Waals surface area contributed by atoms with Crippen molar-refractivity contribution >= 4 is 34.8 Å². The zero-order valence-electron chi connectivity index (χ0n) is 7.00. The Kier molecular flexibility index (Phi) is 3.29. The highest BCUT2D eigenvalue weighted by atomic mass is 35.5. The first-order valence-corrected chi connectivity index (χ1v) is 4.29. The number of hydrogen-bond acceptors (Lipinski definition) is 1. The molecule has 76 valence electrons. The van der Waals surface area contributed by atoms with Crippen LogP contribution in [0.1, 0.15) is 6.92 Å². The highest BCUT2D eigenvalue weighted by Crippen LogP contribution is 2.31. The van der Waals surface area contributed by atoms with Crippen LogP contribution >= 0.6 is 23.2 Å². The number of amides is 1. The lowest BCUT2D eigenvalue weighted by Crippen LogP contribution is -2.08. The maximum atomic E-state index is 13.2. The van der Waals surface area contributed by atoms with Gasteiger partial charge in [-0.15, -0.1) is 0 Å². The van der Waals surface area contributed by atoms with Crippen LogP contribution in [0.2, 0.25) is 10.0 Å². The molecule has 0 atom stereocenters. The number of carbonyl (C=O) groups excluding carboxylic acids is 1. The van der Waals surface area contributed by atoms with Crippen molar-refractivity contribution in [3.63, 3.8) is 0 Å². The fraction of sp³-hybridized carbons (Fsp3) is 0.125. The molecule has 0 fully saturated rings. The Labute approximate surface area is 88.8 Å². The van der Waals surface area contributed by atoms with Gasteiger partial charge in [0.1, 0.15) is 5.02 Å². The van der Waals surface area contributed by atoms with Crippen LogP contribution < -0.4 is 5.32 Å². The summed E-state index contributed by atoms with van der Waals surface area (Å²) in [5, 5.41) is 1.05. The molecule has 0 aliphatic carbocycles. The van der Waals surface area contributed by atoms with Crippen LogP contribution in [-0.4, -0.2) is 5.91 Å². The van der Waals surface area contributed by atoms with Crippen molar-refractivity contribution in [2.75, 3.05) is 5.32 Å². The molecule has 1 aromatic rings. The van der Waals surface area contributed by atoms with Crippen LogP contribution in [0, 0.1) is 11.6 Å². The molecule has 0 saturated carbocycles. The number of carbonyl (C=O) groups is 1. The summed E-state index contributed by atoms with van der Waals surface area (Å²) in [5.74, 6) is -2.58. The Morgan fingerprint density at radius 1 is 1.36 bits per heavy atom. The summed E-state index contributed by atoms with van der Waals surface area (Å²) in [7, 11) is 0. The lowest BCUT2D eigenvalue weighted by molar-refractivity contribution is -0.114. The van der Waals surface area contributed by atoms with Crippen molar-refractivity contribution in [2.24, 2.45) is 0 Å². The van der Waals surface area contributed by atoms with Gasteiger partial charge in [0.2, 0.25) is 5.91 Å². The minimum absolute atomic E-state index is 0.242. The second-order valence-corrected chi connectivity index (χ2v) is 3.31. The Morgan fingerprint density at radius 3 is 2.43 bits per heavy atom. The summed E-state index contributed by atoms with van der Waals surface area (Å²) in [4.78, 5) is 10.6. The lowest BCUT2D eigenvalue weighted by atomic mass is 10.3. The molecule has 0 aliphatic rings. The summed E-state index contributed by atoms with van der Waals surface area (Å²) >= 11 is 10.7. The van der Waals surface area contributed by atoms with Crippen molar-refractivity contribution in [1.82, 2.24) is 0 Å². The maximum Gasteiger partial charge on any atom is 0.221 e. The predicted molar refractivity (Wildman–Crippen MR) is 50.7 cm³/mol. The summed E-state index contributed by atoms with van der Waals surface area (Å²) in [6.07, 6.45) is 0. The quantitative estimate of drug-likeness (QED) is 0.592. The molecule has 0 bridgehead atoms. The Balaban J connectivity index is 3.25. The minimum Gasteiger partial charge on any atom is -0.324 e. The molecule has 6 heteroatoms. The fourth-order valence-electron chi connectivity index (χ4n) is 0.853. The Morgan fingerprint density at radius 2 is 1.93 bits per heavy atom. The molecule has 2 nitrogen and oxygen atoms in total. The smallest absolute Gasteiger partial charge is 0.221 e. The first-order valence-electron chi connectivity index (χ1n) is 3.54. The van der Waals surface area contributed by atoms with Gasteiger partial charge in [-0.25, -0.2) is 8.78 Å². The van der Waals surface area contributed by atoms with E-state index in [4.69, 9.17) is 23.2 Å². The molecule has 14 heavy (non-hydrogen) atoms. The van der Waals surface area contributed by atoms with Gasteiger partial charge in [-0.3, -0.25) is 4.79 Å². The van der Waals surface area contributed by atoms with Gasteiger partial charge in [0.25, 0.3) is 0 Å². The lowest BCUT2D eigenvalue weighted by Gasteiger charge is -2.06. The number of anilines is 1. The fourth-order valence-corrected chi connectivity index (χ4v) is 1.31. The Bertz CT molecular complexity index is 395. The normalized spacial score (nSPS) is 10.1. The van der Waals surface area contributed by atoms with E-state index in [9.17, 15) is 13.6 Å². The van der Waals surface area contributed by atoms with Crippen LogP contribution in [0.25, 0.3) is 0 Å². The molecule has 0 unspecified atom stereocenters. The summed E-state index contributed by atoms with van der Waals surface area (Å²) in [6.45, 7) is 1.19. The third kappa shape index (κ3) is 2.13. The average molecular weight is 240 g/mol. The topological polar surface area (TPSA) is 29.1 Å². The number of halogens is 4. The number of nitrogens with one attached hydrogen (secondary N) is 1. The molecule has 1 aromatic carbocycles. The highest BCUT2D eigenvalue weighted by molar-refractivity contribution is 6.35. The molecule has 0 spiro atoms. The molecular formula is C8H5Cl2F2NO. The maximum absolute atomic E-state index is 13.2. The van der Waals surface area contributed by atoms with E-state index in [0.717, 1.165) is 6.07 Å². The molecule has 0 aromatic heterocycles. The SMILES string of the molecule is CC(=O)Nc1cc(Cl)c(F)c(Cl)c1F. The zero-order chi connectivity index (χ0) is 10.9. The first-order chi connectivity index (χ1) is 6.43. The van der Waals surface area contributed by atoms with Gasteiger partial charge in [-0.05, 0) is 6.07 Å². The van der Waals surface area contributed by atoms with E-state index in [2.05, 4.69) is 5.32 Å². The van der Waals surface area contributed by atoms with E-state index in [-0.39, 0.29) is 10.7 Å². The van der Waals surface area contributed by atoms with Crippen molar-refractivity contribution in [1.29, 1.82) is 0 Å². The number of rotatable bonds is 1. The standard InChI is InChI=1S/C8H5Cl2F2NO/c1-3(14)13-5-2-4(9)7(11)6(10)8(5)12/h2H,1H3,(H,13,14). The van der Waals surface area contributed by atoms with E-state index in [1.165, 1.54) is 6.92 Å². The van der Waals surface area contributed by atoms with Crippen molar-refractivity contribution in [3.05, 3.63) is 27.7 Å². The Hall–Kier alpha value is -0.870. The largest absolute Gasteiger partial charge is 0.324 e. The summed E-state index contributed by atoms with van der Waals surface area (Å²) in [6, 6.07) is 0.958. The molecule has 1 N–H and O–H groups in total. The molecular weight excluding hydrogens is 235 g/mol. The van der Waals surface area contributed by atoms with E-state index >= 15 is 0 Å². The molecule has 1 rings (SSSR count). The monoisotopic (exact) mass is 239 g/mol. The number of hydrogen-bond donors (Lipinski definition) is 1. The van der Waals surface area contributed by atoms with E-state index in [0.29, 0.717) is 0 Å². The minimum atomic E-state index is -1.04. The highest BCUT2D eigenvalue weighted by Gasteiger charge is 2.16. The van der Waals surface area contributed by atoms with E-state index in [1.807, 2.05) is 0 Å². The third-order valence-corrected chi connectivity index (χ3v) is 2.02. The van der Waals surface area contributed by atoms with Crippen LogP contribution in [0.15, 0.2) is 6.07 Å². The molecule has 0 aliphatic heterocycles.